The van der Waals surface area contributed by atoms with Gasteiger partial charge in [-0.1, -0.05) is 47.0 Å². The molecule has 7 heteroatoms. The van der Waals surface area contributed by atoms with Gasteiger partial charge < -0.3 is 8.98 Å². The first-order valence-corrected chi connectivity index (χ1v) is 10.7. The number of aromatic nitrogens is 3. The fourth-order valence-corrected chi connectivity index (χ4v) is 4.18. The lowest BCUT2D eigenvalue weighted by Crippen LogP contribution is -2.04. The maximum Gasteiger partial charge on any atom is 0.268 e. The second-order valence-corrected chi connectivity index (χ2v) is 8.29. The molecule has 5 rings (SSSR count). The summed E-state index contributed by atoms with van der Waals surface area (Å²) in [6.07, 6.45) is 4.85. The molecule has 0 unspecified atom stereocenters. The highest BCUT2D eigenvalue weighted by Crippen LogP contribution is 2.34. The molecule has 3 aromatic heterocycles. The van der Waals surface area contributed by atoms with Crippen molar-refractivity contribution < 1.29 is 9.21 Å². The molecule has 0 amide bonds. The second-order valence-electron chi connectivity index (χ2n) is 7.49. The molecular formula is C25H17Cl2N3O2. The molecule has 0 N–H and O–H groups in total. The van der Waals surface area contributed by atoms with Gasteiger partial charge in [-0.25, -0.2) is 4.98 Å². The summed E-state index contributed by atoms with van der Waals surface area (Å²) in [5.74, 6) is 0.125. The Morgan fingerprint density at radius 3 is 2.53 bits per heavy atom. The number of carbonyl (C=O) groups excluding carboxylic acids is 1. The molecule has 32 heavy (non-hydrogen) atoms. The summed E-state index contributed by atoms with van der Waals surface area (Å²) in [4.78, 5) is 21.7. The molecule has 0 saturated carbocycles. The number of ketones is 1. The molecule has 5 aromatic rings. The van der Waals surface area contributed by atoms with Gasteiger partial charge >= 0.3 is 0 Å². The SMILES string of the molecule is Cc1ccc2c(c1)c(C(=O)c1ncc(-c3ccncc3)o1)c(Cl)n2Cc1ccc(Cl)cc1. The van der Waals surface area contributed by atoms with Crippen LogP contribution in [0.2, 0.25) is 10.2 Å². The van der Waals surface area contributed by atoms with Gasteiger partial charge in [-0.3, -0.25) is 9.78 Å². The van der Waals surface area contributed by atoms with Crippen molar-refractivity contribution in [1.82, 2.24) is 14.5 Å². The van der Waals surface area contributed by atoms with Crippen LogP contribution < -0.4 is 0 Å². The molecule has 158 valence electrons. The predicted molar refractivity (Wildman–Crippen MR) is 125 cm³/mol. The van der Waals surface area contributed by atoms with E-state index in [1.165, 1.54) is 6.20 Å². The molecule has 2 aromatic carbocycles. The molecule has 0 aliphatic heterocycles. The molecule has 5 nitrogen and oxygen atoms in total. The number of pyridine rings is 1. The summed E-state index contributed by atoms with van der Waals surface area (Å²) >= 11 is 12.8. The molecule has 0 saturated heterocycles. The first-order chi connectivity index (χ1) is 15.5. The minimum Gasteiger partial charge on any atom is -0.433 e. The Balaban J connectivity index is 1.60. The molecule has 0 bridgehead atoms. The Kier molecular flexibility index (Phi) is 5.29. The highest BCUT2D eigenvalue weighted by molar-refractivity contribution is 6.36. The van der Waals surface area contributed by atoms with Crippen LogP contribution in [-0.2, 0) is 6.54 Å². The van der Waals surface area contributed by atoms with Gasteiger partial charge in [0.2, 0.25) is 0 Å². The second kappa shape index (κ2) is 8.26. The number of hydrogen-bond donors (Lipinski definition) is 0. The van der Waals surface area contributed by atoms with E-state index in [-0.39, 0.29) is 11.7 Å². The van der Waals surface area contributed by atoms with Crippen LogP contribution in [0.25, 0.3) is 22.2 Å². The van der Waals surface area contributed by atoms with Gasteiger partial charge in [0.15, 0.2) is 5.76 Å². The molecular weight excluding hydrogens is 445 g/mol. The van der Waals surface area contributed by atoms with Crippen molar-refractivity contribution in [2.45, 2.75) is 13.5 Å². The standard InChI is InChI=1S/C25H17Cl2N3O2/c1-15-2-7-20-19(12-15)22(24(27)30(20)14-16-3-5-18(26)6-4-16)23(31)25-29-13-21(32-25)17-8-10-28-11-9-17/h2-13H,14H2,1H3. The summed E-state index contributed by atoms with van der Waals surface area (Å²) in [5, 5.41) is 1.77. The lowest BCUT2D eigenvalue weighted by atomic mass is 10.1. The molecule has 0 spiro atoms. The number of carbonyl (C=O) groups is 1. The number of rotatable bonds is 5. The lowest BCUT2D eigenvalue weighted by Gasteiger charge is -2.08. The van der Waals surface area contributed by atoms with Crippen LogP contribution in [-0.4, -0.2) is 20.3 Å². The van der Waals surface area contributed by atoms with Gasteiger partial charge in [0.05, 0.1) is 17.3 Å². The third kappa shape index (κ3) is 3.70. The maximum absolute atomic E-state index is 13.5. The summed E-state index contributed by atoms with van der Waals surface area (Å²) in [6.45, 7) is 2.47. The first kappa shape index (κ1) is 20.5. The van der Waals surface area contributed by atoms with E-state index in [4.69, 9.17) is 27.6 Å². The van der Waals surface area contributed by atoms with E-state index >= 15 is 0 Å². The van der Waals surface area contributed by atoms with Crippen LogP contribution in [0.3, 0.4) is 0 Å². The number of halogens is 2. The summed E-state index contributed by atoms with van der Waals surface area (Å²) in [5.41, 5.74) is 4.07. The summed E-state index contributed by atoms with van der Waals surface area (Å²) in [6, 6.07) is 17.1. The van der Waals surface area contributed by atoms with Crippen LogP contribution in [0, 0.1) is 6.92 Å². The topological polar surface area (TPSA) is 60.9 Å². The van der Waals surface area contributed by atoms with Crippen LogP contribution in [0.15, 0.2) is 77.6 Å². The van der Waals surface area contributed by atoms with Crippen molar-refractivity contribution in [2.75, 3.05) is 0 Å². The number of benzene rings is 2. The Bertz CT molecular complexity index is 1440. The van der Waals surface area contributed by atoms with Gasteiger partial charge in [-0.2, -0.15) is 0 Å². The molecule has 3 heterocycles. The van der Waals surface area contributed by atoms with Crippen molar-refractivity contribution >= 4 is 39.9 Å². The van der Waals surface area contributed by atoms with Crippen LogP contribution in [0.5, 0.6) is 0 Å². The third-order valence-corrected chi connectivity index (χ3v) is 5.95. The zero-order valence-corrected chi connectivity index (χ0v) is 18.6. The normalized spacial score (nSPS) is 11.2. The van der Waals surface area contributed by atoms with E-state index in [1.54, 1.807) is 24.5 Å². The highest BCUT2D eigenvalue weighted by atomic mass is 35.5. The van der Waals surface area contributed by atoms with E-state index < -0.39 is 0 Å². The minimum absolute atomic E-state index is 0.00855. The summed E-state index contributed by atoms with van der Waals surface area (Å²) in [7, 11) is 0. The summed E-state index contributed by atoms with van der Waals surface area (Å²) < 4.78 is 7.71. The molecule has 0 atom stereocenters. The lowest BCUT2D eigenvalue weighted by molar-refractivity contribution is 0.100. The zero-order valence-electron chi connectivity index (χ0n) is 17.0. The van der Waals surface area contributed by atoms with E-state index in [1.807, 2.05) is 54.0 Å². The van der Waals surface area contributed by atoms with Crippen molar-refractivity contribution in [3.05, 3.63) is 106 Å². The number of hydrogen-bond acceptors (Lipinski definition) is 4. The van der Waals surface area contributed by atoms with E-state index in [9.17, 15) is 4.79 Å². The Hall–Kier alpha value is -3.41. The third-order valence-electron chi connectivity index (χ3n) is 5.30. The average Bonchev–Trinajstić information content (AvgIpc) is 3.39. The van der Waals surface area contributed by atoms with Gasteiger partial charge in [-0.05, 0) is 48.9 Å². The molecule has 0 aliphatic carbocycles. The fraction of sp³-hybridized carbons (Fsp3) is 0.0800. The maximum atomic E-state index is 13.5. The Morgan fingerprint density at radius 1 is 1.03 bits per heavy atom. The predicted octanol–water partition coefficient (Wildman–Crippen LogP) is 6.59. The highest BCUT2D eigenvalue weighted by Gasteiger charge is 2.26. The average molecular weight is 462 g/mol. The van der Waals surface area contributed by atoms with Gasteiger partial charge in [0.1, 0.15) is 5.15 Å². The van der Waals surface area contributed by atoms with Crippen molar-refractivity contribution in [3.8, 4) is 11.3 Å². The van der Waals surface area contributed by atoms with Crippen molar-refractivity contribution in [1.29, 1.82) is 0 Å². The number of aryl methyl sites for hydroxylation is 1. The quantitative estimate of drug-likeness (QED) is 0.277. The monoisotopic (exact) mass is 461 g/mol. The van der Waals surface area contributed by atoms with Crippen LogP contribution in [0.1, 0.15) is 27.4 Å². The van der Waals surface area contributed by atoms with E-state index in [0.29, 0.717) is 28.0 Å². The minimum atomic E-state index is -0.360. The van der Waals surface area contributed by atoms with Crippen molar-refractivity contribution in [3.63, 3.8) is 0 Å². The molecule has 0 radical (unpaired) electrons. The fourth-order valence-electron chi connectivity index (χ4n) is 3.72. The van der Waals surface area contributed by atoms with E-state index in [2.05, 4.69) is 9.97 Å². The van der Waals surface area contributed by atoms with Gasteiger partial charge in [-0.15, -0.1) is 0 Å². The van der Waals surface area contributed by atoms with Gasteiger partial charge in [0.25, 0.3) is 11.7 Å². The van der Waals surface area contributed by atoms with Crippen molar-refractivity contribution in [2.24, 2.45) is 0 Å². The number of oxazole rings is 1. The smallest absolute Gasteiger partial charge is 0.268 e. The molecule has 0 fully saturated rings. The first-order valence-electron chi connectivity index (χ1n) is 9.95. The Labute approximate surface area is 194 Å². The Morgan fingerprint density at radius 2 is 1.78 bits per heavy atom. The van der Waals surface area contributed by atoms with Gasteiger partial charge in [0, 0.05) is 34.9 Å². The largest absolute Gasteiger partial charge is 0.433 e. The molecule has 0 aliphatic rings. The number of fused-ring (bicyclic) bond motifs is 1. The van der Waals surface area contributed by atoms with E-state index in [0.717, 1.165) is 27.6 Å². The number of nitrogens with zero attached hydrogens (tertiary/aromatic N) is 3. The van der Waals surface area contributed by atoms with Crippen LogP contribution >= 0.6 is 23.2 Å². The zero-order chi connectivity index (χ0) is 22.2. The van der Waals surface area contributed by atoms with Crippen LogP contribution in [0.4, 0.5) is 0 Å².